The van der Waals surface area contributed by atoms with E-state index < -0.39 is 0 Å². The van der Waals surface area contributed by atoms with Crippen LogP contribution in [0.3, 0.4) is 0 Å². The number of aryl methyl sites for hydroxylation is 1. The van der Waals surface area contributed by atoms with Crippen molar-refractivity contribution in [1.82, 2.24) is 0 Å². The van der Waals surface area contributed by atoms with Gasteiger partial charge in [0.05, 0.1) is 4.88 Å². The molecular formula is C19H21NO2S. The van der Waals surface area contributed by atoms with Crippen molar-refractivity contribution >= 4 is 28.7 Å². The summed E-state index contributed by atoms with van der Waals surface area (Å²) in [6.07, 6.45) is 5.99. The number of rotatable bonds is 6. The summed E-state index contributed by atoms with van der Waals surface area (Å²) in [5.41, 5.74) is 3.61. The van der Waals surface area contributed by atoms with Gasteiger partial charge in [0.25, 0.3) is 0 Å². The van der Waals surface area contributed by atoms with Crippen molar-refractivity contribution in [2.75, 3.05) is 5.32 Å². The molecule has 0 atom stereocenters. The average molecular weight is 327 g/mol. The first-order valence-corrected chi connectivity index (χ1v) is 9.09. The van der Waals surface area contributed by atoms with Crippen LogP contribution in [0.2, 0.25) is 0 Å². The quantitative estimate of drug-likeness (QED) is 0.787. The van der Waals surface area contributed by atoms with Gasteiger partial charge in [-0.2, -0.15) is 0 Å². The van der Waals surface area contributed by atoms with Gasteiger partial charge in [-0.1, -0.05) is 18.2 Å². The van der Waals surface area contributed by atoms with Gasteiger partial charge in [0.2, 0.25) is 5.91 Å². The topological polar surface area (TPSA) is 46.2 Å². The average Bonchev–Trinajstić information content (AvgIpc) is 3.10. The maximum Gasteiger partial charge on any atom is 0.224 e. The largest absolute Gasteiger partial charge is 0.326 e. The highest BCUT2D eigenvalue weighted by Gasteiger charge is 2.14. The summed E-state index contributed by atoms with van der Waals surface area (Å²) in [6, 6.07) is 9.87. The van der Waals surface area contributed by atoms with Gasteiger partial charge in [-0.15, -0.1) is 11.3 Å². The second-order valence-corrected chi connectivity index (χ2v) is 6.90. The molecule has 0 bridgehead atoms. The molecule has 1 heterocycles. The number of ketones is 1. The van der Waals surface area contributed by atoms with E-state index in [1.165, 1.54) is 35.3 Å². The minimum Gasteiger partial charge on any atom is -0.326 e. The molecule has 0 radical (unpaired) electrons. The Bertz CT molecular complexity index is 691. The molecular weight excluding hydrogens is 306 g/mol. The number of nitrogens with one attached hydrogen (secondary N) is 1. The summed E-state index contributed by atoms with van der Waals surface area (Å²) < 4.78 is 0. The lowest BCUT2D eigenvalue weighted by Gasteiger charge is -2.19. The van der Waals surface area contributed by atoms with Crippen molar-refractivity contribution in [3.63, 3.8) is 0 Å². The molecule has 2 aromatic rings. The van der Waals surface area contributed by atoms with Gasteiger partial charge >= 0.3 is 0 Å². The molecule has 0 spiro atoms. The van der Waals surface area contributed by atoms with Gasteiger partial charge in [-0.3, -0.25) is 9.59 Å². The maximum atomic E-state index is 12.1. The molecule has 1 aromatic carbocycles. The third-order valence-corrected chi connectivity index (χ3v) is 5.18. The molecule has 0 saturated carbocycles. The van der Waals surface area contributed by atoms with Crippen LogP contribution in [0.15, 0.2) is 35.7 Å². The normalized spacial score (nSPS) is 13.4. The van der Waals surface area contributed by atoms with Crippen molar-refractivity contribution in [3.8, 4) is 0 Å². The Morgan fingerprint density at radius 2 is 1.91 bits per heavy atom. The lowest BCUT2D eigenvalue weighted by atomic mass is 9.90. The molecule has 120 valence electrons. The summed E-state index contributed by atoms with van der Waals surface area (Å²) >= 11 is 1.46. The standard InChI is InChI=1S/C19H21NO2S/c21-17(18-11-5-13-23-18)10-4-12-19(22)20-16-9-3-7-14-6-1-2-8-15(14)16/h3,5,7,9,11,13H,1-2,4,6,8,10,12H2,(H,20,22). The highest BCUT2D eigenvalue weighted by Crippen LogP contribution is 2.28. The van der Waals surface area contributed by atoms with E-state index in [1.54, 1.807) is 0 Å². The molecule has 23 heavy (non-hydrogen) atoms. The third-order valence-electron chi connectivity index (χ3n) is 4.27. The SMILES string of the molecule is O=C(CCCC(=O)c1cccs1)Nc1cccc2c1CCCC2. The van der Waals surface area contributed by atoms with Crippen LogP contribution in [0.4, 0.5) is 5.69 Å². The molecule has 0 saturated heterocycles. The van der Waals surface area contributed by atoms with E-state index in [-0.39, 0.29) is 11.7 Å². The first-order chi connectivity index (χ1) is 11.2. The van der Waals surface area contributed by atoms with Gasteiger partial charge < -0.3 is 5.32 Å². The second kappa shape index (κ2) is 7.55. The Morgan fingerprint density at radius 3 is 2.74 bits per heavy atom. The fraction of sp³-hybridized carbons (Fsp3) is 0.368. The van der Waals surface area contributed by atoms with Crippen molar-refractivity contribution in [2.45, 2.75) is 44.9 Å². The number of anilines is 1. The molecule has 3 rings (SSSR count). The van der Waals surface area contributed by atoms with Crippen LogP contribution >= 0.6 is 11.3 Å². The van der Waals surface area contributed by atoms with Crippen LogP contribution in [0.25, 0.3) is 0 Å². The molecule has 1 aliphatic rings. The van der Waals surface area contributed by atoms with Gasteiger partial charge in [0.1, 0.15) is 0 Å². The summed E-state index contributed by atoms with van der Waals surface area (Å²) in [5.74, 6) is 0.132. The number of carbonyl (C=O) groups excluding carboxylic acids is 2. The lowest BCUT2D eigenvalue weighted by molar-refractivity contribution is -0.116. The molecule has 4 heteroatoms. The zero-order chi connectivity index (χ0) is 16.1. The number of carbonyl (C=O) groups is 2. The monoisotopic (exact) mass is 327 g/mol. The van der Waals surface area contributed by atoms with E-state index in [2.05, 4.69) is 11.4 Å². The van der Waals surface area contributed by atoms with Gasteiger partial charge in [0.15, 0.2) is 5.78 Å². The Morgan fingerprint density at radius 1 is 1.04 bits per heavy atom. The van der Waals surface area contributed by atoms with Crippen LogP contribution < -0.4 is 5.32 Å². The number of Topliss-reactive ketones (excluding diaryl/α,β-unsaturated/α-hetero) is 1. The summed E-state index contributed by atoms with van der Waals surface area (Å²) in [7, 11) is 0. The van der Waals surface area contributed by atoms with Crippen LogP contribution in [0, 0.1) is 0 Å². The molecule has 1 N–H and O–H groups in total. The smallest absolute Gasteiger partial charge is 0.224 e. The van der Waals surface area contributed by atoms with Gasteiger partial charge in [0, 0.05) is 18.5 Å². The highest BCUT2D eigenvalue weighted by molar-refractivity contribution is 7.12. The van der Waals surface area contributed by atoms with Crippen LogP contribution in [-0.4, -0.2) is 11.7 Å². The summed E-state index contributed by atoms with van der Waals surface area (Å²) in [6.45, 7) is 0. The van der Waals surface area contributed by atoms with E-state index in [4.69, 9.17) is 0 Å². The Hall–Kier alpha value is -1.94. The fourth-order valence-electron chi connectivity index (χ4n) is 3.08. The number of benzene rings is 1. The van der Waals surface area contributed by atoms with Crippen LogP contribution in [-0.2, 0) is 17.6 Å². The molecule has 1 amide bonds. The van der Waals surface area contributed by atoms with E-state index in [0.29, 0.717) is 19.3 Å². The molecule has 0 fully saturated rings. The van der Waals surface area contributed by atoms with Crippen molar-refractivity contribution < 1.29 is 9.59 Å². The Labute approximate surface area is 140 Å². The predicted molar refractivity (Wildman–Crippen MR) is 94.2 cm³/mol. The van der Waals surface area contributed by atoms with Crippen LogP contribution in [0.5, 0.6) is 0 Å². The van der Waals surface area contributed by atoms with E-state index in [1.807, 2.05) is 29.6 Å². The fourth-order valence-corrected chi connectivity index (χ4v) is 3.78. The first-order valence-electron chi connectivity index (χ1n) is 8.21. The van der Waals surface area contributed by atoms with Crippen LogP contribution in [0.1, 0.15) is 52.9 Å². The predicted octanol–water partition coefficient (Wildman–Crippen LogP) is 4.62. The lowest BCUT2D eigenvalue weighted by Crippen LogP contribution is -2.15. The minimum atomic E-state index is 0.00273. The number of hydrogen-bond donors (Lipinski definition) is 1. The molecule has 1 aromatic heterocycles. The van der Waals surface area contributed by atoms with Gasteiger partial charge in [-0.05, 0) is 60.7 Å². The second-order valence-electron chi connectivity index (χ2n) is 5.95. The molecule has 0 unspecified atom stereocenters. The van der Waals surface area contributed by atoms with Crippen molar-refractivity contribution in [1.29, 1.82) is 0 Å². The Balaban J connectivity index is 1.51. The van der Waals surface area contributed by atoms with E-state index in [0.717, 1.165) is 23.4 Å². The third kappa shape index (κ3) is 4.08. The zero-order valence-corrected chi connectivity index (χ0v) is 14.0. The number of fused-ring (bicyclic) bond motifs is 1. The highest BCUT2D eigenvalue weighted by atomic mass is 32.1. The van der Waals surface area contributed by atoms with E-state index >= 15 is 0 Å². The molecule has 1 aliphatic carbocycles. The zero-order valence-electron chi connectivity index (χ0n) is 13.1. The number of amides is 1. The number of hydrogen-bond acceptors (Lipinski definition) is 3. The minimum absolute atomic E-state index is 0.00273. The first kappa shape index (κ1) is 15.9. The summed E-state index contributed by atoms with van der Waals surface area (Å²) in [5, 5.41) is 4.93. The molecule has 3 nitrogen and oxygen atoms in total. The Kier molecular flexibility index (Phi) is 5.23. The van der Waals surface area contributed by atoms with Crippen molar-refractivity contribution in [3.05, 3.63) is 51.7 Å². The molecule has 0 aliphatic heterocycles. The maximum absolute atomic E-state index is 12.1. The van der Waals surface area contributed by atoms with Gasteiger partial charge in [-0.25, -0.2) is 0 Å². The van der Waals surface area contributed by atoms with E-state index in [9.17, 15) is 9.59 Å². The number of thiophene rings is 1. The summed E-state index contributed by atoms with van der Waals surface area (Å²) in [4.78, 5) is 24.8. The van der Waals surface area contributed by atoms with Crippen molar-refractivity contribution in [2.24, 2.45) is 0 Å².